The quantitative estimate of drug-likeness (QED) is 0.787. The number of carbonyl (C=O) groups is 2. The van der Waals surface area contributed by atoms with Crippen LogP contribution in [0.25, 0.3) is 0 Å². The van der Waals surface area contributed by atoms with E-state index >= 15 is 0 Å². The summed E-state index contributed by atoms with van der Waals surface area (Å²) in [5.74, 6) is -1.40. The number of methoxy groups -OCH3 is 1. The van der Waals surface area contributed by atoms with Gasteiger partial charge in [0.1, 0.15) is 11.5 Å². The van der Waals surface area contributed by atoms with Gasteiger partial charge >= 0.3 is 11.9 Å². The molecule has 1 aliphatic rings. The third-order valence-corrected chi connectivity index (χ3v) is 3.79. The lowest BCUT2D eigenvalue weighted by Crippen LogP contribution is -2.34. The van der Waals surface area contributed by atoms with Crippen LogP contribution >= 0.6 is 15.9 Å². The van der Waals surface area contributed by atoms with E-state index in [0.717, 1.165) is 10.0 Å². The molecule has 0 aliphatic carbocycles. The van der Waals surface area contributed by atoms with E-state index in [4.69, 9.17) is 9.47 Å². The summed E-state index contributed by atoms with van der Waals surface area (Å²) in [7, 11) is 1.31. The molecule has 1 fully saturated rings. The van der Waals surface area contributed by atoms with Crippen molar-refractivity contribution in [1.29, 1.82) is 0 Å². The molecule has 1 unspecified atom stereocenters. The van der Waals surface area contributed by atoms with E-state index in [0.29, 0.717) is 0 Å². The SMILES string of the molecule is COC(=O)C1CC(=O)O[C@]1(C)c1ccc(Br)cc1. The Kier molecular flexibility index (Phi) is 3.43. The molecule has 0 saturated carbocycles. The minimum Gasteiger partial charge on any atom is -0.469 e. The van der Waals surface area contributed by atoms with Gasteiger partial charge in [0.15, 0.2) is 0 Å². The summed E-state index contributed by atoms with van der Waals surface area (Å²) in [5.41, 5.74) is -0.169. The lowest BCUT2D eigenvalue weighted by atomic mass is 9.83. The van der Waals surface area contributed by atoms with Gasteiger partial charge in [-0.25, -0.2) is 0 Å². The molecule has 1 saturated heterocycles. The fourth-order valence-corrected chi connectivity index (χ4v) is 2.47. The molecule has 0 spiro atoms. The molecule has 96 valence electrons. The molecule has 0 bridgehead atoms. The van der Waals surface area contributed by atoms with Gasteiger partial charge in [0.25, 0.3) is 0 Å². The van der Waals surface area contributed by atoms with E-state index < -0.39 is 17.5 Å². The van der Waals surface area contributed by atoms with E-state index in [1.165, 1.54) is 7.11 Å². The topological polar surface area (TPSA) is 52.6 Å². The highest BCUT2D eigenvalue weighted by Crippen LogP contribution is 2.42. The first-order valence-electron chi connectivity index (χ1n) is 5.53. The van der Waals surface area contributed by atoms with E-state index in [1.807, 2.05) is 24.3 Å². The minimum atomic E-state index is -0.953. The number of rotatable bonds is 2. The lowest BCUT2D eigenvalue weighted by molar-refractivity contribution is -0.155. The number of hydrogen-bond acceptors (Lipinski definition) is 4. The molecule has 5 heteroatoms. The Hall–Kier alpha value is -1.36. The van der Waals surface area contributed by atoms with Crippen LogP contribution in [0.3, 0.4) is 0 Å². The van der Waals surface area contributed by atoms with Gasteiger partial charge in [0.05, 0.1) is 13.5 Å². The van der Waals surface area contributed by atoms with Crippen molar-refractivity contribution in [3.05, 3.63) is 34.3 Å². The molecule has 2 rings (SSSR count). The Morgan fingerprint density at radius 3 is 2.61 bits per heavy atom. The van der Waals surface area contributed by atoms with E-state index in [9.17, 15) is 9.59 Å². The van der Waals surface area contributed by atoms with Crippen molar-refractivity contribution in [3.8, 4) is 0 Å². The fourth-order valence-electron chi connectivity index (χ4n) is 2.20. The smallest absolute Gasteiger partial charge is 0.313 e. The van der Waals surface area contributed by atoms with Crippen LogP contribution in [-0.2, 0) is 24.7 Å². The molecular weight excluding hydrogens is 300 g/mol. The second kappa shape index (κ2) is 4.72. The highest BCUT2D eigenvalue weighted by molar-refractivity contribution is 9.10. The van der Waals surface area contributed by atoms with Crippen molar-refractivity contribution in [2.45, 2.75) is 18.9 Å². The van der Waals surface area contributed by atoms with Gasteiger partial charge in [0.2, 0.25) is 0 Å². The van der Waals surface area contributed by atoms with Gasteiger partial charge in [-0.1, -0.05) is 28.1 Å². The summed E-state index contributed by atoms with van der Waals surface area (Å²) in [4.78, 5) is 23.2. The monoisotopic (exact) mass is 312 g/mol. The van der Waals surface area contributed by atoms with Crippen molar-refractivity contribution in [1.82, 2.24) is 0 Å². The van der Waals surface area contributed by atoms with Crippen LogP contribution in [0, 0.1) is 5.92 Å². The van der Waals surface area contributed by atoms with E-state index in [2.05, 4.69) is 15.9 Å². The fraction of sp³-hybridized carbons (Fsp3) is 0.385. The average molecular weight is 313 g/mol. The Morgan fingerprint density at radius 1 is 1.44 bits per heavy atom. The first-order chi connectivity index (χ1) is 8.47. The molecule has 0 amide bonds. The summed E-state index contributed by atoms with van der Waals surface area (Å²) >= 11 is 3.34. The summed E-state index contributed by atoms with van der Waals surface area (Å²) in [6, 6.07) is 7.36. The maximum atomic E-state index is 11.8. The normalized spacial score (nSPS) is 26.8. The summed E-state index contributed by atoms with van der Waals surface area (Å²) in [6.07, 6.45) is 0.0548. The molecule has 18 heavy (non-hydrogen) atoms. The van der Waals surface area contributed by atoms with Gasteiger partial charge in [0, 0.05) is 4.47 Å². The number of cyclic esters (lactones) is 1. The summed E-state index contributed by atoms with van der Waals surface area (Å²) in [6.45, 7) is 1.74. The van der Waals surface area contributed by atoms with Crippen molar-refractivity contribution in [2.24, 2.45) is 5.92 Å². The highest BCUT2D eigenvalue weighted by atomic mass is 79.9. The maximum absolute atomic E-state index is 11.8. The largest absolute Gasteiger partial charge is 0.469 e. The summed E-state index contributed by atoms with van der Waals surface area (Å²) in [5, 5.41) is 0. The Bertz CT molecular complexity index is 482. The average Bonchev–Trinajstić information content (AvgIpc) is 2.65. The van der Waals surface area contributed by atoms with Crippen LogP contribution in [0.5, 0.6) is 0 Å². The molecule has 1 aliphatic heterocycles. The molecule has 2 atom stereocenters. The minimum absolute atomic E-state index is 0.0548. The lowest BCUT2D eigenvalue weighted by Gasteiger charge is -2.28. The molecule has 1 aromatic carbocycles. The van der Waals surface area contributed by atoms with Gasteiger partial charge in [-0.15, -0.1) is 0 Å². The van der Waals surface area contributed by atoms with Gasteiger partial charge in [-0.2, -0.15) is 0 Å². The number of hydrogen-bond donors (Lipinski definition) is 0. The van der Waals surface area contributed by atoms with Crippen LogP contribution < -0.4 is 0 Å². The number of ether oxygens (including phenoxy) is 2. The van der Waals surface area contributed by atoms with Gasteiger partial charge in [-0.3, -0.25) is 9.59 Å². The third-order valence-electron chi connectivity index (χ3n) is 3.26. The van der Waals surface area contributed by atoms with E-state index in [-0.39, 0.29) is 12.4 Å². The standard InChI is InChI=1S/C13H13BrO4/c1-13(8-3-5-9(14)6-4-8)10(12(16)17-2)7-11(15)18-13/h3-6,10H,7H2,1-2H3/t10?,13-/m1/s1. The van der Waals surface area contributed by atoms with Crippen molar-refractivity contribution in [2.75, 3.05) is 7.11 Å². The zero-order valence-corrected chi connectivity index (χ0v) is 11.7. The van der Waals surface area contributed by atoms with Crippen LogP contribution in [0.15, 0.2) is 28.7 Å². The molecule has 0 radical (unpaired) electrons. The molecule has 0 N–H and O–H groups in total. The molecule has 4 nitrogen and oxygen atoms in total. The zero-order valence-electron chi connectivity index (χ0n) is 10.1. The summed E-state index contributed by atoms with van der Waals surface area (Å²) < 4.78 is 11.0. The molecule has 1 aromatic rings. The van der Waals surface area contributed by atoms with Gasteiger partial charge < -0.3 is 9.47 Å². The number of benzene rings is 1. The molecule has 1 heterocycles. The van der Waals surface area contributed by atoms with Crippen LogP contribution in [0.2, 0.25) is 0 Å². The van der Waals surface area contributed by atoms with Crippen molar-refractivity contribution in [3.63, 3.8) is 0 Å². The third kappa shape index (κ3) is 2.14. The Labute approximate surface area is 113 Å². The Morgan fingerprint density at radius 2 is 2.06 bits per heavy atom. The van der Waals surface area contributed by atoms with Gasteiger partial charge in [-0.05, 0) is 24.6 Å². The first-order valence-corrected chi connectivity index (χ1v) is 6.32. The highest BCUT2D eigenvalue weighted by Gasteiger charge is 2.51. The molecular formula is C13H13BrO4. The zero-order chi connectivity index (χ0) is 13.3. The number of halogens is 1. The van der Waals surface area contributed by atoms with Crippen LogP contribution in [0.4, 0.5) is 0 Å². The molecule has 0 aromatic heterocycles. The first kappa shape index (κ1) is 13.1. The second-order valence-corrected chi connectivity index (χ2v) is 5.28. The van der Waals surface area contributed by atoms with Crippen molar-refractivity contribution < 1.29 is 19.1 Å². The Balaban J connectivity index is 2.40. The van der Waals surface area contributed by atoms with E-state index in [1.54, 1.807) is 6.92 Å². The van der Waals surface area contributed by atoms with Crippen LogP contribution in [-0.4, -0.2) is 19.0 Å². The number of esters is 2. The predicted molar refractivity (Wildman–Crippen MR) is 67.7 cm³/mol. The second-order valence-electron chi connectivity index (χ2n) is 4.37. The number of carbonyl (C=O) groups excluding carboxylic acids is 2. The van der Waals surface area contributed by atoms with Crippen molar-refractivity contribution >= 4 is 27.9 Å². The predicted octanol–water partition coefficient (Wildman–Crippen LogP) is 2.40. The maximum Gasteiger partial charge on any atom is 0.313 e. The van der Waals surface area contributed by atoms with Crippen LogP contribution in [0.1, 0.15) is 18.9 Å².